The maximum absolute atomic E-state index is 10.5. The first kappa shape index (κ1) is 9.66. The molecular formula is C7H8O4. The smallest absolute Gasteiger partial charge is 0.335 e. The number of aldehydes is 1. The molecule has 0 aliphatic carbocycles. The van der Waals surface area contributed by atoms with Crippen molar-refractivity contribution in [2.75, 3.05) is 6.61 Å². The van der Waals surface area contributed by atoms with E-state index in [0.29, 0.717) is 6.29 Å². The fourth-order valence-electron chi connectivity index (χ4n) is 0.311. The molecule has 0 rings (SSSR count). The van der Waals surface area contributed by atoms with Gasteiger partial charge in [0.1, 0.15) is 6.10 Å². The number of rotatable bonds is 2. The lowest BCUT2D eigenvalue weighted by atomic mass is 10.4. The molecule has 0 aliphatic rings. The lowest BCUT2D eigenvalue weighted by Gasteiger charge is -2.00. The summed E-state index contributed by atoms with van der Waals surface area (Å²) in [6, 6.07) is 0. The zero-order valence-corrected chi connectivity index (χ0v) is 6.03. The Labute approximate surface area is 64.2 Å². The Balaban J connectivity index is 3.54. The third-order valence-electron chi connectivity index (χ3n) is 0.789. The Morgan fingerprint density at radius 2 is 2.45 bits per heavy atom. The molecule has 4 heteroatoms. The number of aliphatic hydroxyl groups excluding tert-OH is 1. The van der Waals surface area contributed by atoms with Gasteiger partial charge in [-0.1, -0.05) is 5.92 Å². The van der Waals surface area contributed by atoms with Crippen LogP contribution in [0.25, 0.3) is 0 Å². The molecule has 0 amide bonds. The van der Waals surface area contributed by atoms with Gasteiger partial charge in [-0.2, -0.15) is 0 Å². The Hall–Kier alpha value is -1.34. The molecule has 0 spiro atoms. The zero-order valence-electron chi connectivity index (χ0n) is 6.03. The quantitative estimate of drug-likeness (QED) is 0.320. The van der Waals surface area contributed by atoms with Crippen molar-refractivity contribution in [1.29, 1.82) is 0 Å². The van der Waals surface area contributed by atoms with E-state index in [1.807, 2.05) is 0 Å². The molecule has 0 fully saturated rings. The van der Waals surface area contributed by atoms with Crippen molar-refractivity contribution in [3.05, 3.63) is 0 Å². The summed E-state index contributed by atoms with van der Waals surface area (Å²) in [4.78, 5) is 20.1. The van der Waals surface area contributed by atoms with Gasteiger partial charge in [0.15, 0.2) is 12.9 Å². The Morgan fingerprint density at radius 1 is 1.82 bits per heavy atom. The van der Waals surface area contributed by atoms with Crippen LogP contribution in [-0.4, -0.2) is 30.1 Å². The van der Waals surface area contributed by atoms with Crippen molar-refractivity contribution in [1.82, 2.24) is 0 Å². The summed E-state index contributed by atoms with van der Waals surface area (Å²) in [7, 11) is 0. The van der Waals surface area contributed by atoms with E-state index in [0.717, 1.165) is 0 Å². The number of carbonyl (C=O) groups excluding carboxylic acids is 2. The fourth-order valence-corrected chi connectivity index (χ4v) is 0.311. The predicted octanol–water partition coefficient (Wildman–Crippen LogP) is -0.887. The van der Waals surface area contributed by atoms with Crippen molar-refractivity contribution in [2.45, 2.75) is 13.0 Å². The van der Waals surface area contributed by atoms with Crippen molar-refractivity contribution >= 4 is 12.3 Å². The van der Waals surface area contributed by atoms with Crippen LogP contribution in [0, 0.1) is 11.8 Å². The zero-order chi connectivity index (χ0) is 8.69. The molecule has 4 nitrogen and oxygen atoms in total. The second kappa shape index (κ2) is 5.45. The summed E-state index contributed by atoms with van der Waals surface area (Å²) in [5.41, 5.74) is 0. The summed E-state index contributed by atoms with van der Waals surface area (Å²) in [6.07, 6.45) is -0.746. The van der Waals surface area contributed by atoms with E-state index >= 15 is 0 Å². The third kappa shape index (κ3) is 5.12. The van der Waals surface area contributed by atoms with Crippen LogP contribution in [0.2, 0.25) is 0 Å². The summed E-state index contributed by atoms with van der Waals surface area (Å²) in [5.74, 6) is 3.56. The maximum atomic E-state index is 10.5. The molecule has 0 aromatic heterocycles. The number of hydrogen-bond acceptors (Lipinski definition) is 4. The molecule has 0 saturated heterocycles. The van der Waals surface area contributed by atoms with Crippen LogP contribution in [0.5, 0.6) is 0 Å². The van der Waals surface area contributed by atoms with Crippen LogP contribution >= 0.6 is 0 Å². The van der Waals surface area contributed by atoms with Crippen LogP contribution < -0.4 is 0 Å². The van der Waals surface area contributed by atoms with Crippen LogP contribution in [0.15, 0.2) is 0 Å². The average Bonchev–Trinajstić information content (AvgIpc) is 1.97. The van der Waals surface area contributed by atoms with Gasteiger partial charge >= 0.3 is 5.97 Å². The van der Waals surface area contributed by atoms with Gasteiger partial charge in [-0.05, 0) is 12.8 Å². The fraction of sp³-hybridized carbons (Fsp3) is 0.429. The highest BCUT2D eigenvalue weighted by atomic mass is 16.5. The molecule has 1 N–H and O–H groups in total. The number of aliphatic hydroxyl groups is 1. The van der Waals surface area contributed by atoms with Gasteiger partial charge in [-0.3, -0.25) is 4.79 Å². The summed E-state index contributed by atoms with van der Waals surface area (Å²) in [5, 5.41) is 8.59. The highest BCUT2D eigenvalue weighted by Crippen LogP contribution is 1.84. The molecule has 1 atom stereocenters. The minimum atomic E-state index is -1.15. The number of carbonyl (C=O) groups is 2. The van der Waals surface area contributed by atoms with Gasteiger partial charge in [-0.25, -0.2) is 4.79 Å². The molecule has 1 unspecified atom stereocenters. The van der Waals surface area contributed by atoms with Crippen LogP contribution in [0.1, 0.15) is 6.92 Å². The van der Waals surface area contributed by atoms with Gasteiger partial charge in [0.25, 0.3) is 0 Å². The van der Waals surface area contributed by atoms with Gasteiger partial charge < -0.3 is 9.84 Å². The predicted molar refractivity (Wildman–Crippen MR) is 36.5 cm³/mol. The van der Waals surface area contributed by atoms with E-state index in [1.165, 1.54) is 6.92 Å². The highest BCUT2D eigenvalue weighted by Gasteiger charge is 2.07. The molecule has 0 radical (unpaired) electrons. The van der Waals surface area contributed by atoms with Crippen molar-refractivity contribution in [2.24, 2.45) is 0 Å². The first-order valence-corrected chi connectivity index (χ1v) is 2.95. The Bertz CT molecular complexity index is 196. The monoisotopic (exact) mass is 156 g/mol. The summed E-state index contributed by atoms with van der Waals surface area (Å²) in [6.45, 7) is 1.12. The lowest BCUT2D eigenvalue weighted by Crippen LogP contribution is -2.19. The molecule has 0 saturated carbocycles. The molecule has 0 aromatic rings. The standard InChI is InChI=1S/C7H8O4/c1-6(9)7(10)11-5-3-2-4-8/h4,6,9H,5H2,1H3. The topological polar surface area (TPSA) is 63.6 Å². The van der Waals surface area contributed by atoms with Crippen LogP contribution in [0.3, 0.4) is 0 Å². The summed E-state index contributed by atoms with van der Waals surface area (Å²) < 4.78 is 4.38. The molecular weight excluding hydrogens is 148 g/mol. The van der Waals surface area contributed by atoms with Crippen LogP contribution in [0.4, 0.5) is 0 Å². The van der Waals surface area contributed by atoms with Crippen molar-refractivity contribution in [3.8, 4) is 11.8 Å². The maximum Gasteiger partial charge on any atom is 0.335 e. The molecule has 0 heterocycles. The Morgan fingerprint density at radius 3 is 2.91 bits per heavy atom. The van der Waals surface area contributed by atoms with E-state index in [-0.39, 0.29) is 6.61 Å². The van der Waals surface area contributed by atoms with Gasteiger partial charge in [-0.15, -0.1) is 0 Å². The largest absolute Gasteiger partial charge is 0.451 e. The van der Waals surface area contributed by atoms with Crippen molar-refractivity contribution < 1.29 is 19.4 Å². The van der Waals surface area contributed by atoms with E-state index in [2.05, 4.69) is 16.6 Å². The highest BCUT2D eigenvalue weighted by molar-refractivity contribution is 5.74. The van der Waals surface area contributed by atoms with Crippen LogP contribution in [-0.2, 0) is 14.3 Å². The van der Waals surface area contributed by atoms with E-state index in [1.54, 1.807) is 0 Å². The van der Waals surface area contributed by atoms with E-state index < -0.39 is 12.1 Å². The first-order valence-electron chi connectivity index (χ1n) is 2.95. The van der Waals surface area contributed by atoms with Gasteiger partial charge in [0.2, 0.25) is 0 Å². The molecule has 0 bridgehead atoms. The summed E-state index contributed by atoms with van der Waals surface area (Å²) >= 11 is 0. The van der Waals surface area contributed by atoms with E-state index in [9.17, 15) is 9.59 Å². The van der Waals surface area contributed by atoms with Gasteiger partial charge in [0, 0.05) is 0 Å². The minimum Gasteiger partial charge on any atom is -0.451 e. The number of hydrogen-bond donors (Lipinski definition) is 1. The second-order valence-corrected chi connectivity index (χ2v) is 1.72. The first-order chi connectivity index (χ1) is 5.18. The normalized spacial score (nSPS) is 10.7. The number of ether oxygens (including phenoxy) is 1. The molecule has 11 heavy (non-hydrogen) atoms. The Kier molecular flexibility index (Phi) is 4.78. The van der Waals surface area contributed by atoms with Gasteiger partial charge in [0.05, 0.1) is 0 Å². The molecule has 60 valence electrons. The third-order valence-corrected chi connectivity index (χ3v) is 0.789. The minimum absolute atomic E-state index is 0.164. The lowest BCUT2D eigenvalue weighted by molar-refractivity contribution is -0.150. The van der Waals surface area contributed by atoms with E-state index in [4.69, 9.17) is 5.11 Å². The second-order valence-electron chi connectivity index (χ2n) is 1.72. The molecule has 0 aromatic carbocycles. The van der Waals surface area contributed by atoms with Crippen molar-refractivity contribution in [3.63, 3.8) is 0 Å². The molecule has 0 aliphatic heterocycles. The average molecular weight is 156 g/mol. The SMILES string of the molecule is CC(O)C(=O)OCC#CC=O. The number of esters is 1.